The zero-order chi connectivity index (χ0) is 28.7. The van der Waals surface area contributed by atoms with Crippen molar-refractivity contribution in [1.82, 2.24) is 25.6 Å². The van der Waals surface area contributed by atoms with Crippen LogP contribution in [0.15, 0.2) is 36.5 Å². The predicted molar refractivity (Wildman–Crippen MR) is 140 cm³/mol. The number of fused-ring (bicyclic) bond motifs is 1. The molecule has 1 amide bonds. The molecule has 9 nitrogen and oxygen atoms in total. The lowest BCUT2D eigenvalue weighted by Crippen LogP contribution is -2.38. The predicted octanol–water partition coefficient (Wildman–Crippen LogP) is 4.19. The molecule has 1 saturated carbocycles. The van der Waals surface area contributed by atoms with Gasteiger partial charge in [0.1, 0.15) is 17.9 Å². The molecular weight excluding hydrogens is 530 g/mol. The minimum absolute atomic E-state index is 0.0310. The Labute approximate surface area is 227 Å². The molecular formula is C27H29F4N7O2. The van der Waals surface area contributed by atoms with Crippen molar-refractivity contribution in [2.75, 3.05) is 30.3 Å². The number of alkyl halides is 3. The van der Waals surface area contributed by atoms with Crippen LogP contribution >= 0.6 is 0 Å². The highest BCUT2D eigenvalue weighted by atomic mass is 19.4. The summed E-state index contributed by atoms with van der Waals surface area (Å²) in [7, 11) is 0. The minimum Gasteiger partial charge on any atom is -0.395 e. The second kappa shape index (κ2) is 10.3. The lowest BCUT2D eigenvalue weighted by molar-refractivity contribution is -0.123. The Morgan fingerprint density at radius 1 is 1.10 bits per heavy atom. The Morgan fingerprint density at radius 2 is 1.88 bits per heavy atom. The molecule has 5 rings (SSSR count). The normalized spacial score (nSPS) is 17.1. The number of rotatable bonds is 8. The number of carbonyl (C=O) groups is 1. The van der Waals surface area contributed by atoms with Gasteiger partial charge in [-0.25, -0.2) is 14.4 Å². The zero-order valence-electron chi connectivity index (χ0n) is 21.9. The van der Waals surface area contributed by atoms with Gasteiger partial charge in [0.25, 0.3) is 5.91 Å². The molecule has 0 radical (unpaired) electrons. The average Bonchev–Trinajstić information content (AvgIpc) is 3.69. The maximum absolute atomic E-state index is 14.8. The molecule has 1 aromatic carbocycles. The van der Waals surface area contributed by atoms with Crippen LogP contribution in [0.3, 0.4) is 0 Å². The molecule has 3 aromatic rings. The molecule has 5 N–H and O–H groups in total. The van der Waals surface area contributed by atoms with E-state index in [1.807, 2.05) is 18.2 Å². The number of aliphatic hydroxyl groups excluding tert-OH is 1. The number of benzene rings is 1. The van der Waals surface area contributed by atoms with Crippen LogP contribution in [0.4, 0.5) is 40.8 Å². The van der Waals surface area contributed by atoms with Crippen molar-refractivity contribution < 1.29 is 27.5 Å². The number of hydrogen-bond donors (Lipinski definition) is 5. The van der Waals surface area contributed by atoms with Crippen LogP contribution in [0.1, 0.15) is 53.9 Å². The topological polar surface area (TPSA) is 124 Å². The number of aliphatic hydroxyl groups is 1. The highest BCUT2D eigenvalue weighted by Crippen LogP contribution is 2.47. The van der Waals surface area contributed by atoms with Gasteiger partial charge in [-0.2, -0.15) is 18.2 Å². The number of amides is 1. The van der Waals surface area contributed by atoms with Crippen molar-refractivity contribution in [3.05, 3.63) is 64.7 Å². The average molecular weight is 560 g/mol. The highest BCUT2D eigenvalue weighted by Gasteiger charge is 2.45. The Bertz CT molecular complexity index is 1440. The first-order valence-electron chi connectivity index (χ1n) is 12.8. The first-order chi connectivity index (χ1) is 18.9. The van der Waals surface area contributed by atoms with Crippen molar-refractivity contribution in [3.8, 4) is 0 Å². The summed E-state index contributed by atoms with van der Waals surface area (Å²) in [6.07, 6.45) is -2.21. The summed E-state index contributed by atoms with van der Waals surface area (Å²) in [5.41, 5.74) is 2.46. The standard InChI is InChI=1S/C27H29F4N7O2/c1-25(2)12-32-10-15-9-16(3-4-18(15)25)35-24-33-11-17(23(40)34-13-27(29,30)31)21(38-24)37-22-19(28)5-6-20(36-22)26(14-39)7-8-26/h3-6,9,11,32,39H,7-8,10,12-14H2,1-2H3,(H,34,40)(H2,33,35,36,37,38). The van der Waals surface area contributed by atoms with E-state index in [2.05, 4.69) is 44.7 Å². The van der Waals surface area contributed by atoms with Gasteiger partial charge in [0.15, 0.2) is 11.6 Å². The number of aromatic nitrogens is 3. The van der Waals surface area contributed by atoms with Gasteiger partial charge >= 0.3 is 6.18 Å². The van der Waals surface area contributed by atoms with E-state index in [0.29, 0.717) is 30.8 Å². The van der Waals surface area contributed by atoms with Crippen molar-refractivity contribution >= 4 is 29.2 Å². The van der Waals surface area contributed by atoms with Crippen molar-refractivity contribution in [2.24, 2.45) is 0 Å². The fourth-order valence-corrected chi connectivity index (χ4v) is 4.77. The summed E-state index contributed by atoms with van der Waals surface area (Å²) in [5.74, 6) is -2.36. The number of halogens is 4. The monoisotopic (exact) mass is 559 g/mol. The van der Waals surface area contributed by atoms with Crippen molar-refractivity contribution in [1.29, 1.82) is 0 Å². The summed E-state index contributed by atoms with van der Waals surface area (Å²) < 4.78 is 53.0. The van der Waals surface area contributed by atoms with E-state index in [0.717, 1.165) is 18.3 Å². The molecule has 1 aliphatic heterocycles. The quantitative estimate of drug-likeness (QED) is 0.260. The molecule has 1 aliphatic carbocycles. The van der Waals surface area contributed by atoms with Gasteiger partial charge in [-0.15, -0.1) is 0 Å². The summed E-state index contributed by atoms with van der Waals surface area (Å²) in [6, 6.07) is 8.46. The third kappa shape index (κ3) is 5.85. The van der Waals surface area contributed by atoms with Crippen molar-refractivity contribution in [2.45, 2.75) is 50.2 Å². The zero-order valence-corrected chi connectivity index (χ0v) is 21.9. The number of nitrogens with one attached hydrogen (secondary N) is 4. The first kappa shape index (κ1) is 27.7. The van der Waals surface area contributed by atoms with E-state index >= 15 is 0 Å². The first-order valence-corrected chi connectivity index (χ1v) is 12.8. The van der Waals surface area contributed by atoms with Gasteiger partial charge in [-0.3, -0.25) is 4.79 Å². The Morgan fingerprint density at radius 3 is 2.58 bits per heavy atom. The molecule has 1 fully saturated rings. The van der Waals surface area contributed by atoms with Crippen LogP contribution in [-0.2, 0) is 17.4 Å². The van der Waals surface area contributed by atoms with Gasteiger partial charge in [-0.1, -0.05) is 19.9 Å². The van der Waals surface area contributed by atoms with Crippen LogP contribution in [0, 0.1) is 5.82 Å². The third-order valence-corrected chi connectivity index (χ3v) is 7.24. The van der Waals surface area contributed by atoms with Gasteiger partial charge in [-0.05, 0) is 48.2 Å². The molecule has 0 unspecified atom stereocenters. The molecule has 2 aliphatic rings. The molecule has 40 heavy (non-hydrogen) atoms. The van der Waals surface area contributed by atoms with Gasteiger partial charge in [0, 0.05) is 35.8 Å². The van der Waals surface area contributed by atoms with Crippen LogP contribution < -0.4 is 21.3 Å². The number of carbonyl (C=O) groups excluding carboxylic acids is 1. The van der Waals surface area contributed by atoms with E-state index < -0.39 is 29.9 Å². The number of anilines is 4. The molecule has 0 spiro atoms. The van der Waals surface area contributed by atoms with Crippen LogP contribution in [0.25, 0.3) is 0 Å². The molecule has 0 bridgehead atoms. The number of nitrogens with zero attached hydrogens (tertiary/aromatic N) is 3. The lowest BCUT2D eigenvalue weighted by atomic mass is 9.79. The minimum atomic E-state index is -4.63. The second-order valence-electron chi connectivity index (χ2n) is 10.8. The maximum Gasteiger partial charge on any atom is 0.405 e. The largest absolute Gasteiger partial charge is 0.405 e. The molecule has 3 heterocycles. The summed E-state index contributed by atoms with van der Waals surface area (Å²) in [4.78, 5) is 25.4. The summed E-state index contributed by atoms with van der Waals surface area (Å²) in [5, 5.41) is 20.6. The van der Waals surface area contributed by atoms with E-state index in [1.165, 1.54) is 17.7 Å². The fraction of sp³-hybridized carbons (Fsp3) is 0.407. The van der Waals surface area contributed by atoms with E-state index in [-0.39, 0.29) is 35.2 Å². The van der Waals surface area contributed by atoms with Crippen LogP contribution in [0.2, 0.25) is 0 Å². The number of hydrogen-bond acceptors (Lipinski definition) is 8. The molecule has 0 atom stereocenters. The summed E-state index contributed by atoms with van der Waals surface area (Å²) >= 11 is 0. The van der Waals surface area contributed by atoms with Crippen molar-refractivity contribution in [3.63, 3.8) is 0 Å². The Kier molecular flexibility index (Phi) is 7.13. The fourth-order valence-electron chi connectivity index (χ4n) is 4.77. The Balaban J connectivity index is 1.47. The molecule has 212 valence electrons. The highest BCUT2D eigenvalue weighted by molar-refractivity contribution is 5.99. The smallest absolute Gasteiger partial charge is 0.395 e. The van der Waals surface area contributed by atoms with Gasteiger partial charge in [0.2, 0.25) is 5.95 Å². The summed E-state index contributed by atoms with van der Waals surface area (Å²) in [6.45, 7) is 4.08. The van der Waals surface area contributed by atoms with E-state index in [1.54, 1.807) is 5.32 Å². The van der Waals surface area contributed by atoms with Gasteiger partial charge in [0.05, 0.1) is 12.3 Å². The lowest BCUT2D eigenvalue weighted by Gasteiger charge is -2.33. The van der Waals surface area contributed by atoms with Crippen LogP contribution in [0.5, 0.6) is 0 Å². The SMILES string of the molecule is CC1(C)CNCc2cc(Nc3ncc(C(=O)NCC(F)(F)F)c(Nc4nc(C5(CO)CC5)ccc4F)n3)ccc21. The van der Waals surface area contributed by atoms with E-state index in [4.69, 9.17) is 0 Å². The maximum atomic E-state index is 14.8. The van der Waals surface area contributed by atoms with E-state index in [9.17, 15) is 27.5 Å². The van der Waals surface area contributed by atoms with Gasteiger partial charge < -0.3 is 26.4 Å². The molecule has 13 heteroatoms. The molecule has 0 saturated heterocycles. The second-order valence-corrected chi connectivity index (χ2v) is 10.8. The third-order valence-electron chi connectivity index (χ3n) is 7.24. The number of pyridine rings is 1. The van der Waals surface area contributed by atoms with Crippen LogP contribution in [-0.4, -0.2) is 51.8 Å². The molecule has 2 aromatic heterocycles. The Hall–Kier alpha value is -3.84.